The molecule has 1 saturated carbocycles. The molecule has 1 aromatic heterocycles. The number of benzene rings is 1. The zero-order valence-corrected chi connectivity index (χ0v) is 8.61. The first-order chi connectivity index (χ1) is 7.77. The SMILES string of the molecule is Nc1noc(C2CC2)c1-c1ccccc1F. The lowest BCUT2D eigenvalue weighted by atomic mass is 10.0. The first-order valence-electron chi connectivity index (χ1n) is 5.27. The predicted octanol–water partition coefficient (Wildman–Crippen LogP) is 2.94. The zero-order valence-electron chi connectivity index (χ0n) is 8.61. The third-order valence-electron chi connectivity index (χ3n) is 2.84. The topological polar surface area (TPSA) is 52.0 Å². The Kier molecular flexibility index (Phi) is 1.96. The number of aromatic nitrogens is 1. The quantitative estimate of drug-likeness (QED) is 0.843. The van der Waals surface area contributed by atoms with Crippen LogP contribution in [0.2, 0.25) is 0 Å². The van der Waals surface area contributed by atoms with Crippen molar-refractivity contribution in [1.82, 2.24) is 5.16 Å². The van der Waals surface area contributed by atoms with E-state index in [4.69, 9.17) is 10.3 Å². The van der Waals surface area contributed by atoms with E-state index in [1.807, 2.05) is 0 Å². The molecule has 82 valence electrons. The normalized spacial score (nSPS) is 15.3. The molecule has 1 fully saturated rings. The molecule has 3 nitrogen and oxygen atoms in total. The summed E-state index contributed by atoms with van der Waals surface area (Å²) in [5.41, 5.74) is 6.84. The minimum atomic E-state index is -0.292. The van der Waals surface area contributed by atoms with Gasteiger partial charge in [0.15, 0.2) is 5.82 Å². The van der Waals surface area contributed by atoms with Crippen molar-refractivity contribution in [2.24, 2.45) is 0 Å². The van der Waals surface area contributed by atoms with E-state index in [-0.39, 0.29) is 11.6 Å². The summed E-state index contributed by atoms with van der Waals surface area (Å²) >= 11 is 0. The summed E-state index contributed by atoms with van der Waals surface area (Å²) in [5.74, 6) is 1.06. The van der Waals surface area contributed by atoms with Crippen molar-refractivity contribution >= 4 is 5.82 Å². The molecule has 1 aliphatic carbocycles. The number of halogens is 1. The Hall–Kier alpha value is -1.84. The van der Waals surface area contributed by atoms with E-state index in [1.54, 1.807) is 18.2 Å². The molecular weight excluding hydrogens is 207 g/mol. The molecule has 4 heteroatoms. The van der Waals surface area contributed by atoms with Crippen LogP contribution in [0.25, 0.3) is 11.1 Å². The highest BCUT2D eigenvalue weighted by Crippen LogP contribution is 2.46. The van der Waals surface area contributed by atoms with Gasteiger partial charge in [-0.05, 0) is 18.9 Å². The smallest absolute Gasteiger partial charge is 0.175 e. The molecular formula is C12H11FN2O. The molecule has 1 aromatic carbocycles. The standard InChI is InChI=1S/C12H11FN2O/c13-9-4-2-1-3-8(9)10-11(7-5-6-7)16-15-12(10)14/h1-4,7H,5-6H2,(H2,14,15). The number of rotatable bonds is 2. The van der Waals surface area contributed by atoms with E-state index in [9.17, 15) is 4.39 Å². The van der Waals surface area contributed by atoms with E-state index in [2.05, 4.69) is 5.16 Å². The number of hydrogen-bond acceptors (Lipinski definition) is 3. The van der Waals surface area contributed by atoms with E-state index in [0.29, 0.717) is 17.0 Å². The molecule has 1 heterocycles. The summed E-state index contributed by atoms with van der Waals surface area (Å²) in [6, 6.07) is 6.55. The summed E-state index contributed by atoms with van der Waals surface area (Å²) in [5, 5.41) is 3.73. The summed E-state index contributed by atoms with van der Waals surface area (Å²) in [6.45, 7) is 0. The molecule has 0 bridgehead atoms. The minimum Gasteiger partial charge on any atom is -0.380 e. The van der Waals surface area contributed by atoms with Gasteiger partial charge in [0.2, 0.25) is 0 Å². The Morgan fingerprint density at radius 1 is 1.31 bits per heavy atom. The summed E-state index contributed by atoms with van der Waals surface area (Å²) in [6.07, 6.45) is 2.13. The molecule has 0 unspecified atom stereocenters. The third-order valence-corrected chi connectivity index (χ3v) is 2.84. The van der Waals surface area contributed by atoms with Gasteiger partial charge in [-0.2, -0.15) is 0 Å². The Labute approximate surface area is 92.0 Å². The van der Waals surface area contributed by atoms with Crippen LogP contribution >= 0.6 is 0 Å². The van der Waals surface area contributed by atoms with Crippen LogP contribution in [0, 0.1) is 5.82 Å². The average Bonchev–Trinajstić information content (AvgIpc) is 3.04. The largest absolute Gasteiger partial charge is 0.380 e. The molecule has 0 saturated heterocycles. The molecule has 16 heavy (non-hydrogen) atoms. The van der Waals surface area contributed by atoms with Crippen LogP contribution in [-0.4, -0.2) is 5.16 Å². The van der Waals surface area contributed by atoms with Gasteiger partial charge < -0.3 is 10.3 Å². The molecule has 2 aromatic rings. The summed E-state index contributed by atoms with van der Waals surface area (Å²) < 4.78 is 18.9. The number of hydrogen-bond donors (Lipinski definition) is 1. The van der Waals surface area contributed by atoms with Crippen molar-refractivity contribution in [3.63, 3.8) is 0 Å². The van der Waals surface area contributed by atoms with Crippen LogP contribution in [-0.2, 0) is 0 Å². The van der Waals surface area contributed by atoms with Gasteiger partial charge in [0.25, 0.3) is 0 Å². The second-order valence-corrected chi connectivity index (χ2v) is 4.06. The summed E-state index contributed by atoms with van der Waals surface area (Å²) in [7, 11) is 0. The predicted molar refractivity (Wildman–Crippen MR) is 58.3 cm³/mol. The maximum atomic E-state index is 13.7. The highest BCUT2D eigenvalue weighted by Gasteiger charge is 2.33. The van der Waals surface area contributed by atoms with E-state index in [0.717, 1.165) is 18.6 Å². The van der Waals surface area contributed by atoms with Crippen molar-refractivity contribution in [2.45, 2.75) is 18.8 Å². The Morgan fingerprint density at radius 3 is 2.75 bits per heavy atom. The van der Waals surface area contributed by atoms with Gasteiger partial charge in [-0.25, -0.2) is 4.39 Å². The maximum absolute atomic E-state index is 13.7. The Bertz CT molecular complexity index is 532. The second-order valence-electron chi connectivity index (χ2n) is 4.06. The van der Waals surface area contributed by atoms with Gasteiger partial charge >= 0.3 is 0 Å². The molecule has 0 spiro atoms. The van der Waals surface area contributed by atoms with Gasteiger partial charge in [0, 0.05) is 11.5 Å². The minimum absolute atomic E-state index is 0.270. The van der Waals surface area contributed by atoms with E-state index < -0.39 is 0 Å². The van der Waals surface area contributed by atoms with Crippen LogP contribution in [0.4, 0.5) is 10.2 Å². The average molecular weight is 218 g/mol. The number of nitrogens with two attached hydrogens (primary N) is 1. The second kappa shape index (κ2) is 3.33. The van der Waals surface area contributed by atoms with Crippen molar-refractivity contribution in [3.05, 3.63) is 35.8 Å². The van der Waals surface area contributed by atoms with Crippen molar-refractivity contribution in [2.75, 3.05) is 5.73 Å². The van der Waals surface area contributed by atoms with Crippen molar-refractivity contribution in [3.8, 4) is 11.1 Å². The molecule has 3 rings (SSSR count). The lowest BCUT2D eigenvalue weighted by Crippen LogP contribution is -1.92. The molecule has 0 radical (unpaired) electrons. The maximum Gasteiger partial charge on any atom is 0.175 e. The molecule has 2 N–H and O–H groups in total. The Balaban J connectivity index is 2.18. The van der Waals surface area contributed by atoms with Crippen molar-refractivity contribution in [1.29, 1.82) is 0 Å². The lowest BCUT2D eigenvalue weighted by molar-refractivity contribution is 0.387. The monoisotopic (exact) mass is 218 g/mol. The Morgan fingerprint density at radius 2 is 2.06 bits per heavy atom. The molecule has 0 atom stereocenters. The number of nitrogen functional groups attached to an aromatic ring is 1. The van der Waals surface area contributed by atoms with Crippen molar-refractivity contribution < 1.29 is 8.91 Å². The van der Waals surface area contributed by atoms with Gasteiger partial charge in [-0.1, -0.05) is 23.4 Å². The fraction of sp³-hybridized carbons (Fsp3) is 0.250. The highest BCUT2D eigenvalue weighted by atomic mass is 19.1. The van der Waals surface area contributed by atoms with Crippen LogP contribution < -0.4 is 5.73 Å². The van der Waals surface area contributed by atoms with Crippen LogP contribution in [0.3, 0.4) is 0 Å². The van der Waals surface area contributed by atoms with Gasteiger partial charge in [-0.15, -0.1) is 0 Å². The van der Waals surface area contributed by atoms with Crippen LogP contribution in [0.5, 0.6) is 0 Å². The lowest BCUT2D eigenvalue weighted by Gasteiger charge is -2.02. The highest BCUT2D eigenvalue weighted by molar-refractivity contribution is 5.76. The molecule has 1 aliphatic rings. The first-order valence-corrected chi connectivity index (χ1v) is 5.27. The number of anilines is 1. The van der Waals surface area contributed by atoms with E-state index in [1.165, 1.54) is 6.07 Å². The fourth-order valence-corrected chi connectivity index (χ4v) is 1.87. The third kappa shape index (κ3) is 1.38. The number of nitrogens with zero attached hydrogens (tertiary/aromatic N) is 1. The fourth-order valence-electron chi connectivity index (χ4n) is 1.87. The van der Waals surface area contributed by atoms with Crippen LogP contribution in [0.1, 0.15) is 24.5 Å². The van der Waals surface area contributed by atoms with Gasteiger partial charge in [0.05, 0.1) is 5.56 Å². The zero-order chi connectivity index (χ0) is 11.1. The summed E-state index contributed by atoms with van der Waals surface area (Å²) in [4.78, 5) is 0. The molecule has 0 amide bonds. The first kappa shape index (κ1) is 9.39. The van der Waals surface area contributed by atoms with Gasteiger partial charge in [0.1, 0.15) is 11.6 Å². The molecule has 0 aliphatic heterocycles. The van der Waals surface area contributed by atoms with Gasteiger partial charge in [-0.3, -0.25) is 0 Å². The van der Waals surface area contributed by atoms with Crippen LogP contribution in [0.15, 0.2) is 28.8 Å². The van der Waals surface area contributed by atoms with E-state index >= 15 is 0 Å².